The van der Waals surface area contributed by atoms with E-state index in [1.165, 1.54) is 17.2 Å². The number of anilines is 2. The number of rotatable bonds is 6. The van der Waals surface area contributed by atoms with Crippen LogP contribution >= 0.6 is 0 Å². The molecule has 0 atom stereocenters. The molecule has 0 aliphatic carbocycles. The van der Waals surface area contributed by atoms with Crippen LogP contribution in [0, 0.1) is 12.7 Å². The number of para-hydroxylation sites is 1. The molecule has 122 valence electrons. The van der Waals surface area contributed by atoms with Crippen molar-refractivity contribution in [2.24, 2.45) is 0 Å². The first-order chi connectivity index (χ1) is 11.7. The Labute approximate surface area is 142 Å². The molecule has 0 N–H and O–H groups in total. The summed E-state index contributed by atoms with van der Waals surface area (Å²) in [6.45, 7) is 2.85. The van der Waals surface area contributed by atoms with Crippen LogP contribution in [0.25, 0.3) is 0 Å². The van der Waals surface area contributed by atoms with Crippen molar-refractivity contribution in [3.8, 4) is 0 Å². The van der Waals surface area contributed by atoms with E-state index in [0.717, 1.165) is 25.1 Å². The fourth-order valence-corrected chi connectivity index (χ4v) is 2.89. The van der Waals surface area contributed by atoms with Gasteiger partial charge in [0.2, 0.25) is 0 Å². The van der Waals surface area contributed by atoms with Crippen molar-refractivity contribution in [1.82, 2.24) is 4.98 Å². The van der Waals surface area contributed by atoms with Crippen LogP contribution in [-0.2, 0) is 6.42 Å². The van der Waals surface area contributed by atoms with Gasteiger partial charge in [0, 0.05) is 24.6 Å². The van der Waals surface area contributed by atoms with Gasteiger partial charge in [-0.3, -0.25) is 4.98 Å². The zero-order valence-corrected chi connectivity index (χ0v) is 13.8. The maximum absolute atomic E-state index is 14.3. The van der Waals surface area contributed by atoms with Crippen molar-refractivity contribution >= 4 is 11.4 Å². The summed E-state index contributed by atoms with van der Waals surface area (Å²) in [5.74, 6) is -0.204. The lowest BCUT2D eigenvalue weighted by molar-refractivity contribution is 0.623. The minimum atomic E-state index is -0.204. The summed E-state index contributed by atoms with van der Waals surface area (Å²) in [6, 6.07) is 19.3. The second-order valence-electron chi connectivity index (χ2n) is 5.90. The Balaban J connectivity index is 1.77. The van der Waals surface area contributed by atoms with Crippen LogP contribution in [0.4, 0.5) is 15.8 Å². The van der Waals surface area contributed by atoms with Crippen molar-refractivity contribution in [1.29, 1.82) is 0 Å². The smallest absolute Gasteiger partial charge is 0.146 e. The summed E-state index contributed by atoms with van der Waals surface area (Å²) in [7, 11) is 0. The molecular formula is C21H21FN2. The topological polar surface area (TPSA) is 16.1 Å². The third kappa shape index (κ3) is 3.99. The van der Waals surface area contributed by atoms with Crippen molar-refractivity contribution in [2.75, 3.05) is 11.4 Å². The highest BCUT2D eigenvalue weighted by molar-refractivity contribution is 5.63. The van der Waals surface area contributed by atoms with Gasteiger partial charge < -0.3 is 4.90 Å². The minimum Gasteiger partial charge on any atom is -0.339 e. The lowest BCUT2D eigenvalue weighted by Gasteiger charge is -2.25. The van der Waals surface area contributed by atoms with Crippen LogP contribution in [0.15, 0.2) is 73.1 Å². The predicted molar refractivity (Wildman–Crippen MR) is 97.1 cm³/mol. The highest BCUT2D eigenvalue weighted by Gasteiger charge is 2.13. The molecule has 3 rings (SSSR count). The van der Waals surface area contributed by atoms with Gasteiger partial charge in [-0.25, -0.2) is 4.39 Å². The summed E-state index contributed by atoms with van der Waals surface area (Å²) >= 11 is 0. The molecule has 0 aliphatic heterocycles. The maximum Gasteiger partial charge on any atom is 0.146 e. The van der Waals surface area contributed by atoms with Crippen molar-refractivity contribution in [2.45, 2.75) is 19.8 Å². The number of aromatic nitrogens is 1. The molecule has 0 fully saturated rings. The molecule has 0 aliphatic rings. The Bertz CT molecular complexity index is 787. The SMILES string of the molecule is Cc1cccc(CCCN(c2ccncc2)c2ccccc2F)c1. The first-order valence-corrected chi connectivity index (χ1v) is 8.22. The van der Waals surface area contributed by atoms with Crippen LogP contribution in [0.2, 0.25) is 0 Å². The van der Waals surface area contributed by atoms with E-state index in [2.05, 4.69) is 36.2 Å². The number of halogens is 1. The number of pyridine rings is 1. The molecule has 3 aromatic rings. The molecule has 3 heteroatoms. The van der Waals surface area contributed by atoms with Gasteiger partial charge in [-0.05, 0) is 49.6 Å². The van der Waals surface area contributed by atoms with E-state index in [1.54, 1.807) is 18.5 Å². The van der Waals surface area contributed by atoms with E-state index in [9.17, 15) is 4.39 Å². The third-order valence-corrected chi connectivity index (χ3v) is 4.05. The van der Waals surface area contributed by atoms with E-state index >= 15 is 0 Å². The molecule has 0 spiro atoms. The summed E-state index contributed by atoms with van der Waals surface area (Å²) in [4.78, 5) is 6.08. The zero-order valence-electron chi connectivity index (χ0n) is 13.8. The van der Waals surface area contributed by atoms with E-state index in [0.29, 0.717) is 5.69 Å². The summed E-state index contributed by atoms with van der Waals surface area (Å²) < 4.78 is 14.3. The average Bonchev–Trinajstić information content (AvgIpc) is 2.61. The lowest BCUT2D eigenvalue weighted by atomic mass is 10.1. The first kappa shape index (κ1) is 16.2. The normalized spacial score (nSPS) is 10.6. The largest absolute Gasteiger partial charge is 0.339 e. The molecule has 24 heavy (non-hydrogen) atoms. The monoisotopic (exact) mass is 320 g/mol. The molecule has 0 unspecified atom stereocenters. The van der Waals surface area contributed by atoms with Crippen molar-refractivity contribution < 1.29 is 4.39 Å². The highest BCUT2D eigenvalue weighted by Crippen LogP contribution is 2.27. The third-order valence-electron chi connectivity index (χ3n) is 4.05. The van der Waals surface area contributed by atoms with Gasteiger partial charge in [0.25, 0.3) is 0 Å². The van der Waals surface area contributed by atoms with Crippen LogP contribution in [0.3, 0.4) is 0 Å². The molecule has 2 nitrogen and oxygen atoms in total. The Morgan fingerprint density at radius 1 is 0.958 bits per heavy atom. The van der Waals surface area contributed by atoms with Gasteiger partial charge in [0.15, 0.2) is 0 Å². The number of hydrogen-bond acceptors (Lipinski definition) is 2. The molecule has 0 amide bonds. The van der Waals surface area contributed by atoms with Crippen LogP contribution in [-0.4, -0.2) is 11.5 Å². The molecule has 1 heterocycles. The number of nitrogens with zero attached hydrogens (tertiary/aromatic N) is 2. The van der Waals surface area contributed by atoms with Crippen LogP contribution < -0.4 is 4.90 Å². The quantitative estimate of drug-likeness (QED) is 0.612. The number of aryl methyl sites for hydroxylation is 2. The van der Waals surface area contributed by atoms with Gasteiger partial charge in [-0.15, -0.1) is 0 Å². The first-order valence-electron chi connectivity index (χ1n) is 8.22. The lowest BCUT2D eigenvalue weighted by Crippen LogP contribution is -2.20. The average molecular weight is 320 g/mol. The summed E-state index contributed by atoms with van der Waals surface area (Å²) in [5.41, 5.74) is 4.15. The predicted octanol–water partition coefficient (Wildman–Crippen LogP) is 5.30. The Kier molecular flexibility index (Phi) is 5.22. The Morgan fingerprint density at radius 2 is 1.75 bits per heavy atom. The van der Waals surface area contributed by atoms with Gasteiger partial charge in [-0.1, -0.05) is 42.0 Å². The molecule has 0 saturated heterocycles. The number of benzene rings is 2. The van der Waals surface area contributed by atoms with Gasteiger partial charge in [-0.2, -0.15) is 0 Å². The van der Waals surface area contributed by atoms with Crippen LogP contribution in [0.5, 0.6) is 0 Å². The van der Waals surface area contributed by atoms with Crippen molar-refractivity contribution in [3.63, 3.8) is 0 Å². The fourth-order valence-electron chi connectivity index (χ4n) is 2.89. The zero-order chi connectivity index (χ0) is 16.8. The van der Waals surface area contributed by atoms with Gasteiger partial charge >= 0.3 is 0 Å². The van der Waals surface area contributed by atoms with Crippen molar-refractivity contribution in [3.05, 3.63) is 90.0 Å². The minimum absolute atomic E-state index is 0.204. The second kappa shape index (κ2) is 7.73. The van der Waals surface area contributed by atoms with Crippen LogP contribution in [0.1, 0.15) is 17.5 Å². The second-order valence-corrected chi connectivity index (χ2v) is 5.90. The van der Waals surface area contributed by atoms with E-state index < -0.39 is 0 Å². The molecular weight excluding hydrogens is 299 g/mol. The summed E-state index contributed by atoms with van der Waals surface area (Å²) in [5, 5.41) is 0. The summed E-state index contributed by atoms with van der Waals surface area (Å²) in [6.07, 6.45) is 5.39. The van der Waals surface area contributed by atoms with Gasteiger partial charge in [0.1, 0.15) is 5.82 Å². The molecule has 0 saturated carbocycles. The molecule has 0 radical (unpaired) electrons. The van der Waals surface area contributed by atoms with E-state index in [-0.39, 0.29) is 5.82 Å². The Hall–Kier alpha value is -2.68. The number of hydrogen-bond donors (Lipinski definition) is 0. The molecule has 0 bridgehead atoms. The standard InChI is InChI=1S/C21H21FN2/c1-17-6-4-7-18(16-17)8-5-15-24(19-11-13-23-14-12-19)21-10-3-2-9-20(21)22/h2-4,6-7,9-14,16H,5,8,15H2,1H3. The van der Waals surface area contributed by atoms with E-state index in [1.807, 2.05) is 29.2 Å². The van der Waals surface area contributed by atoms with Gasteiger partial charge in [0.05, 0.1) is 5.69 Å². The maximum atomic E-state index is 14.3. The van der Waals surface area contributed by atoms with E-state index in [4.69, 9.17) is 0 Å². The Morgan fingerprint density at radius 3 is 2.50 bits per heavy atom. The fraction of sp³-hybridized carbons (Fsp3) is 0.190. The molecule has 1 aromatic heterocycles. The molecule has 2 aromatic carbocycles. The highest BCUT2D eigenvalue weighted by atomic mass is 19.1.